The number of hydrogen-bond acceptors (Lipinski definition) is 7. The first kappa shape index (κ1) is 12.8. The van der Waals surface area contributed by atoms with Gasteiger partial charge in [-0.25, -0.2) is 0 Å². The zero-order chi connectivity index (χ0) is 13.0. The van der Waals surface area contributed by atoms with E-state index in [-0.39, 0.29) is 24.1 Å². The second kappa shape index (κ2) is 5.34. The van der Waals surface area contributed by atoms with Crippen molar-refractivity contribution in [3.8, 4) is 6.01 Å². The van der Waals surface area contributed by atoms with Crippen molar-refractivity contribution >= 4 is 11.9 Å². The van der Waals surface area contributed by atoms with E-state index in [4.69, 9.17) is 10.5 Å². The average Bonchev–Trinajstić information content (AvgIpc) is 2.78. The van der Waals surface area contributed by atoms with Gasteiger partial charge in [0.25, 0.3) is 0 Å². The first-order chi connectivity index (χ1) is 8.67. The minimum Gasteiger partial charge on any atom is -0.464 e. The summed E-state index contributed by atoms with van der Waals surface area (Å²) in [5.74, 6) is 0.476. The van der Waals surface area contributed by atoms with E-state index < -0.39 is 0 Å². The number of aliphatic hydroxyl groups is 1. The highest BCUT2D eigenvalue weighted by Crippen LogP contribution is 2.32. The average molecular weight is 253 g/mol. The molecule has 0 spiro atoms. The molecular weight excluding hydrogens is 234 g/mol. The third kappa shape index (κ3) is 2.79. The molecule has 0 radical (unpaired) electrons. The van der Waals surface area contributed by atoms with Gasteiger partial charge in [0.1, 0.15) is 0 Å². The van der Waals surface area contributed by atoms with Crippen LogP contribution in [0.25, 0.3) is 0 Å². The third-order valence-corrected chi connectivity index (χ3v) is 3.15. The lowest BCUT2D eigenvalue weighted by atomic mass is 9.99. The number of aliphatic hydroxyl groups excluding tert-OH is 1. The van der Waals surface area contributed by atoms with E-state index in [1.165, 1.54) is 0 Å². The lowest BCUT2D eigenvalue weighted by molar-refractivity contribution is 0.213. The van der Waals surface area contributed by atoms with Gasteiger partial charge in [-0.2, -0.15) is 15.0 Å². The molecule has 18 heavy (non-hydrogen) atoms. The SMILES string of the molecule is CCOc1nc(N)nc(NC2(CO)CCCC2)n1. The van der Waals surface area contributed by atoms with Crippen LogP contribution in [-0.4, -0.2) is 38.8 Å². The molecule has 0 unspecified atom stereocenters. The van der Waals surface area contributed by atoms with E-state index in [9.17, 15) is 5.11 Å². The highest BCUT2D eigenvalue weighted by molar-refractivity contribution is 5.36. The molecule has 2 rings (SSSR count). The third-order valence-electron chi connectivity index (χ3n) is 3.15. The van der Waals surface area contributed by atoms with Crippen molar-refractivity contribution in [3.63, 3.8) is 0 Å². The number of nitrogens with zero attached hydrogens (tertiary/aromatic N) is 3. The Hall–Kier alpha value is -1.63. The first-order valence-corrected chi connectivity index (χ1v) is 6.21. The molecule has 1 fully saturated rings. The fourth-order valence-electron chi connectivity index (χ4n) is 2.23. The minimum absolute atomic E-state index is 0.0581. The molecule has 1 aliphatic carbocycles. The normalized spacial score (nSPS) is 17.7. The smallest absolute Gasteiger partial charge is 0.323 e. The monoisotopic (exact) mass is 253 g/mol. The summed E-state index contributed by atoms with van der Waals surface area (Å²) < 4.78 is 5.21. The van der Waals surface area contributed by atoms with Crippen molar-refractivity contribution in [3.05, 3.63) is 0 Å². The lowest BCUT2D eigenvalue weighted by Gasteiger charge is -2.27. The summed E-state index contributed by atoms with van der Waals surface area (Å²) in [4.78, 5) is 12.0. The molecule has 0 saturated heterocycles. The first-order valence-electron chi connectivity index (χ1n) is 6.21. The zero-order valence-electron chi connectivity index (χ0n) is 10.5. The van der Waals surface area contributed by atoms with E-state index in [2.05, 4.69) is 20.3 Å². The van der Waals surface area contributed by atoms with Crippen molar-refractivity contribution in [1.82, 2.24) is 15.0 Å². The van der Waals surface area contributed by atoms with Crippen LogP contribution in [-0.2, 0) is 0 Å². The molecule has 7 nitrogen and oxygen atoms in total. The summed E-state index contributed by atoms with van der Waals surface area (Å²) in [6, 6.07) is 0.207. The quantitative estimate of drug-likeness (QED) is 0.704. The molecule has 1 saturated carbocycles. The molecule has 100 valence electrons. The van der Waals surface area contributed by atoms with Gasteiger partial charge < -0.3 is 20.9 Å². The predicted molar refractivity (Wildman–Crippen MR) is 67.3 cm³/mol. The Morgan fingerprint density at radius 1 is 1.33 bits per heavy atom. The Labute approximate surface area is 106 Å². The molecule has 1 aromatic rings. The fourth-order valence-corrected chi connectivity index (χ4v) is 2.23. The molecule has 0 bridgehead atoms. The molecule has 4 N–H and O–H groups in total. The van der Waals surface area contributed by atoms with Gasteiger partial charge in [-0.15, -0.1) is 0 Å². The summed E-state index contributed by atoms with van der Waals surface area (Å²) in [5, 5.41) is 12.7. The number of nitrogen functional groups attached to an aromatic ring is 1. The Balaban J connectivity index is 2.17. The summed E-state index contributed by atoms with van der Waals surface area (Å²) in [6.45, 7) is 2.37. The van der Waals surface area contributed by atoms with Crippen molar-refractivity contribution in [2.75, 3.05) is 24.3 Å². The van der Waals surface area contributed by atoms with Crippen LogP contribution in [0.2, 0.25) is 0 Å². The zero-order valence-corrected chi connectivity index (χ0v) is 10.5. The number of rotatable bonds is 5. The van der Waals surface area contributed by atoms with E-state index >= 15 is 0 Å². The summed E-state index contributed by atoms with van der Waals surface area (Å²) in [7, 11) is 0. The van der Waals surface area contributed by atoms with Crippen LogP contribution in [0.15, 0.2) is 0 Å². The van der Waals surface area contributed by atoms with Crippen LogP contribution in [0.3, 0.4) is 0 Å². The van der Waals surface area contributed by atoms with Gasteiger partial charge >= 0.3 is 6.01 Å². The predicted octanol–water partition coefficient (Wildman–Crippen LogP) is 0.569. The Morgan fingerprint density at radius 3 is 2.67 bits per heavy atom. The highest BCUT2D eigenvalue weighted by atomic mass is 16.5. The van der Waals surface area contributed by atoms with Gasteiger partial charge in [-0.05, 0) is 19.8 Å². The minimum atomic E-state index is -0.336. The standard InChI is InChI=1S/C11H19N5O2/c1-2-18-10-14-8(12)13-9(15-10)16-11(7-17)5-3-4-6-11/h17H,2-7H2,1H3,(H3,12,13,14,15,16). The molecule has 1 aromatic heterocycles. The number of aromatic nitrogens is 3. The van der Waals surface area contributed by atoms with Crippen molar-refractivity contribution in [2.45, 2.75) is 38.1 Å². The molecule has 0 atom stereocenters. The van der Waals surface area contributed by atoms with Crippen LogP contribution in [0.5, 0.6) is 6.01 Å². The molecule has 1 heterocycles. The lowest BCUT2D eigenvalue weighted by Crippen LogP contribution is -2.39. The van der Waals surface area contributed by atoms with E-state index in [1.807, 2.05) is 6.92 Å². The molecule has 7 heteroatoms. The van der Waals surface area contributed by atoms with Crippen LogP contribution in [0.1, 0.15) is 32.6 Å². The number of ether oxygens (including phenoxy) is 1. The molecule has 0 aliphatic heterocycles. The fraction of sp³-hybridized carbons (Fsp3) is 0.727. The molecule has 1 aliphatic rings. The molecule has 0 aromatic carbocycles. The van der Waals surface area contributed by atoms with Crippen molar-refractivity contribution in [1.29, 1.82) is 0 Å². The van der Waals surface area contributed by atoms with E-state index in [0.717, 1.165) is 25.7 Å². The van der Waals surface area contributed by atoms with Crippen LogP contribution in [0.4, 0.5) is 11.9 Å². The Morgan fingerprint density at radius 2 is 2.06 bits per heavy atom. The Kier molecular flexibility index (Phi) is 3.81. The van der Waals surface area contributed by atoms with Gasteiger partial charge in [0.15, 0.2) is 0 Å². The summed E-state index contributed by atoms with van der Waals surface area (Å²) in [5.41, 5.74) is 5.27. The maximum absolute atomic E-state index is 9.52. The van der Waals surface area contributed by atoms with E-state index in [1.54, 1.807) is 0 Å². The second-order valence-electron chi connectivity index (χ2n) is 4.50. The van der Waals surface area contributed by atoms with E-state index in [0.29, 0.717) is 12.6 Å². The van der Waals surface area contributed by atoms with Gasteiger partial charge in [0.2, 0.25) is 11.9 Å². The Bertz CT molecular complexity index is 406. The highest BCUT2D eigenvalue weighted by Gasteiger charge is 2.34. The second-order valence-corrected chi connectivity index (χ2v) is 4.50. The van der Waals surface area contributed by atoms with Crippen molar-refractivity contribution < 1.29 is 9.84 Å². The van der Waals surface area contributed by atoms with Crippen molar-refractivity contribution in [2.24, 2.45) is 0 Å². The van der Waals surface area contributed by atoms with Gasteiger partial charge in [-0.1, -0.05) is 12.8 Å². The number of nitrogens with two attached hydrogens (primary N) is 1. The summed E-state index contributed by atoms with van der Waals surface area (Å²) in [6.07, 6.45) is 3.98. The largest absolute Gasteiger partial charge is 0.464 e. The van der Waals surface area contributed by atoms with Gasteiger partial charge in [0, 0.05) is 0 Å². The number of hydrogen-bond donors (Lipinski definition) is 3. The van der Waals surface area contributed by atoms with Crippen LogP contribution in [0, 0.1) is 0 Å². The van der Waals surface area contributed by atoms with Gasteiger partial charge in [0.05, 0.1) is 18.8 Å². The van der Waals surface area contributed by atoms with Crippen LogP contribution >= 0.6 is 0 Å². The van der Waals surface area contributed by atoms with Crippen LogP contribution < -0.4 is 15.8 Å². The maximum Gasteiger partial charge on any atom is 0.323 e. The van der Waals surface area contributed by atoms with Gasteiger partial charge in [-0.3, -0.25) is 0 Å². The molecule has 0 amide bonds. The molecular formula is C11H19N5O2. The maximum atomic E-state index is 9.52. The summed E-state index contributed by atoms with van der Waals surface area (Å²) >= 11 is 0. The topological polar surface area (TPSA) is 106 Å². The number of nitrogens with one attached hydrogen (secondary N) is 1. The number of anilines is 2.